The Balaban J connectivity index is 2.23. The van der Waals surface area contributed by atoms with Gasteiger partial charge >= 0.3 is 0 Å². The minimum Gasteiger partial charge on any atom is -0.250 e. The SMILES string of the molecule is Cc1cccc(C(CCl)(CCl)CCc2scnc2C)c1. The number of benzene rings is 1. The fourth-order valence-corrected chi connectivity index (χ4v) is 4.00. The molecule has 0 N–H and O–H groups in total. The molecule has 0 fully saturated rings. The van der Waals surface area contributed by atoms with Gasteiger partial charge in [-0.3, -0.25) is 0 Å². The van der Waals surface area contributed by atoms with E-state index in [4.69, 9.17) is 23.2 Å². The highest BCUT2D eigenvalue weighted by molar-refractivity contribution is 7.09. The molecule has 0 aliphatic rings. The number of thiazole rings is 1. The number of aryl methyl sites for hydroxylation is 3. The van der Waals surface area contributed by atoms with Gasteiger partial charge in [-0.2, -0.15) is 0 Å². The Morgan fingerprint density at radius 2 is 1.95 bits per heavy atom. The van der Waals surface area contributed by atoms with Crippen LogP contribution in [0.5, 0.6) is 0 Å². The second-order valence-electron chi connectivity index (χ2n) is 5.28. The average molecular weight is 328 g/mol. The second kappa shape index (κ2) is 6.93. The summed E-state index contributed by atoms with van der Waals surface area (Å²) in [6, 6.07) is 8.52. The Kier molecular flexibility index (Phi) is 5.48. The molecule has 4 heteroatoms. The molecule has 0 unspecified atom stereocenters. The van der Waals surface area contributed by atoms with Crippen LogP contribution in [0.15, 0.2) is 29.8 Å². The Morgan fingerprint density at radius 1 is 1.20 bits per heavy atom. The smallest absolute Gasteiger partial charge is 0.0797 e. The van der Waals surface area contributed by atoms with E-state index in [9.17, 15) is 0 Å². The summed E-state index contributed by atoms with van der Waals surface area (Å²) in [6.07, 6.45) is 1.93. The first-order valence-electron chi connectivity index (χ1n) is 6.69. The molecule has 2 aromatic rings. The Morgan fingerprint density at radius 3 is 2.50 bits per heavy atom. The van der Waals surface area contributed by atoms with E-state index in [-0.39, 0.29) is 5.41 Å². The Hall–Kier alpha value is -0.570. The van der Waals surface area contributed by atoms with Gasteiger partial charge in [-0.05, 0) is 32.3 Å². The van der Waals surface area contributed by atoms with Crippen LogP contribution in [0.4, 0.5) is 0 Å². The van der Waals surface area contributed by atoms with Gasteiger partial charge in [0.25, 0.3) is 0 Å². The third kappa shape index (κ3) is 3.36. The van der Waals surface area contributed by atoms with Crippen LogP contribution >= 0.6 is 34.5 Å². The van der Waals surface area contributed by atoms with Gasteiger partial charge in [0.05, 0.1) is 11.2 Å². The van der Waals surface area contributed by atoms with E-state index in [0.29, 0.717) is 11.8 Å². The summed E-state index contributed by atoms with van der Waals surface area (Å²) in [5, 5.41) is 0. The van der Waals surface area contributed by atoms with Crippen molar-refractivity contribution in [3.8, 4) is 0 Å². The van der Waals surface area contributed by atoms with Crippen LogP contribution in [-0.2, 0) is 11.8 Å². The van der Waals surface area contributed by atoms with Gasteiger partial charge < -0.3 is 0 Å². The minimum absolute atomic E-state index is 0.161. The van der Waals surface area contributed by atoms with Crippen molar-refractivity contribution in [3.05, 3.63) is 51.5 Å². The van der Waals surface area contributed by atoms with Crippen LogP contribution in [0.3, 0.4) is 0 Å². The van der Waals surface area contributed by atoms with Crippen molar-refractivity contribution in [2.45, 2.75) is 32.1 Å². The fraction of sp³-hybridized carbons (Fsp3) is 0.438. The van der Waals surface area contributed by atoms with Crippen molar-refractivity contribution in [1.82, 2.24) is 4.98 Å². The molecule has 1 heterocycles. The summed E-state index contributed by atoms with van der Waals surface area (Å²) in [4.78, 5) is 5.64. The average Bonchev–Trinajstić information content (AvgIpc) is 2.86. The molecule has 0 saturated carbocycles. The van der Waals surface area contributed by atoms with Crippen LogP contribution in [-0.4, -0.2) is 16.7 Å². The first-order chi connectivity index (χ1) is 9.61. The molecule has 108 valence electrons. The van der Waals surface area contributed by atoms with Gasteiger partial charge in [0, 0.05) is 22.1 Å². The van der Waals surface area contributed by atoms with Crippen LogP contribution in [0.2, 0.25) is 0 Å². The predicted octanol–water partition coefficient (Wildman–Crippen LogP) is 5.11. The highest BCUT2D eigenvalue weighted by Gasteiger charge is 2.30. The summed E-state index contributed by atoms with van der Waals surface area (Å²) < 4.78 is 0. The second-order valence-corrected chi connectivity index (χ2v) is 6.75. The molecular weight excluding hydrogens is 309 g/mol. The lowest BCUT2D eigenvalue weighted by Crippen LogP contribution is -2.31. The molecule has 0 radical (unpaired) electrons. The maximum Gasteiger partial charge on any atom is 0.0797 e. The fourth-order valence-electron chi connectivity index (χ4n) is 2.36. The minimum atomic E-state index is -0.161. The monoisotopic (exact) mass is 327 g/mol. The summed E-state index contributed by atoms with van der Waals surface area (Å²) in [5.74, 6) is 1.08. The standard InChI is InChI=1S/C16H19Cl2NS/c1-12-4-3-5-14(8-12)16(9-17,10-18)7-6-15-13(2)19-11-20-15/h3-5,8,11H,6-7,9-10H2,1-2H3. The quantitative estimate of drug-likeness (QED) is 0.672. The van der Waals surface area contributed by atoms with Crippen molar-refractivity contribution >= 4 is 34.5 Å². The van der Waals surface area contributed by atoms with Crippen molar-refractivity contribution < 1.29 is 0 Å². The van der Waals surface area contributed by atoms with E-state index < -0.39 is 0 Å². The largest absolute Gasteiger partial charge is 0.250 e. The highest BCUT2D eigenvalue weighted by atomic mass is 35.5. The molecule has 1 aromatic heterocycles. The van der Waals surface area contributed by atoms with Gasteiger partial charge in [-0.15, -0.1) is 34.5 Å². The Labute approximate surface area is 135 Å². The summed E-state index contributed by atoms with van der Waals surface area (Å²) in [7, 11) is 0. The topological polar surface area (TPSA) is 12.9 Å². The maximum absolute atomic E-state index is 6.29. The molecule has 1 aromatic carbocycles. The number of aromatic nitrogens is 1. The van der Waals surface area contributed by atoms with E-state index in [2.05, 4.69) is 43.1 Å². The van der Waals surface area contributed by atoms with Gasteiger partial charge in [0.1, 0.15) is 0 Å². The molecule has 2 rings (SSSR count). The Bertz CT molecular complexity index is 561. The van der Waals surface area contributed by atoms with Gasteiger partial charge in [0.15, 0.2) is 0 Å². The number of halogens is 2. The zero-order valence-corrected chi connectivity index (χ0v) is 14.2. The van der Waals surface area contributed by atoms with Crippen LogP contribution in [0, 0.1) is 13.8 Å². The number of rotatable bonds is 6. The third-order valence-corrected chi connectivity index (χ3v) is 5.84. The molecule has 0 amide bonds. The molecule has 20 heavy (non-hydrogen) atoms. The van der Waals surface area contributed by atoms with Crippen molar-refractivity contribution in [2.75, 3.05) is 11.8 Å². The normalized spacial score (nSPS) is 11.8. The van der Waals surface area contributed by atoms with E-state index in [1.807, 2.05) is 5.51 Å². The van der Waals surface area contributed by atoms with Crippen LogP contribution in [0.25, 0.3) is 0 Å². The van der Waals surface area contributed by atoms with Crippen LogP contribution < -0.4 is 0 Å². The predicted molar refractivity (Wildman–Crippen MR) is 89.5 cm³/mol. The summed E-state index contributed by atoms with van der Waals surface area (Å²) in [6.45, 7) is 4.16. The van der Waals surface area contributed by atoms with E-state index >= 15 is 0 Å². The third-order valence-electron chi connectivity index (χ3n) is 3.82. The van der Waals surface area contributed by atoms with Crippen molar-refractivity contribution in [3.63, 3.8) is 0 Å². The number of hydrogen-bond acceptors (Lipinski definition) is 2. The number of alkyl halides is 2. The first kappa shape index (κ1) is 15.8. The van der Waals surface area contributed by atoms with Crippen molar-refractivity contribution in [1.29, 1.82) is 0 Å². The zero-order chi connectivity index (χ0) is 14.6. The molecule has 0 atom stereocenters. The molecular formula is C16H19Cl2NS. The number of hydrogen-bond donors (Lipinski definition) is 0. The zero-order valence-electron chi connectivity index (χ0n) is 11.8. The van der Waals surface area contributed by atoms with Gasteiger partial charge in [-0.25, -0.2) is 4.98 Å². The first-order valence-corrected chi connectivity index (χ1v) is 8.64. The molecule has 0 spiro atoms. The number of nitrogens with zero attached hydrogens (tertiary/aromatic N) is 1. The van der Waals surface area contributed by atoms with Gasteiger partial charge in [-0.1, -0.05) is 29.8 Å². The lowest BCUT2D eigenvalue weighted by molar-refractivity contribution is 0.493. The maximum atomic E-state index is 6.29. The molecule has 0 saturated heterocycles. The van der Waals surface area contributed by atoms with Crippen molar-refractivity contribution in [2.24, 2.45) is 0 Å². The highest BCUT2D eigenvalue weighted by Crippen LogP contribution is 2.34. The molecule has 0 bridgehead atoms. The lowest BCUT2D eigenvalue weighted by atomic mass is 9.79. The molecule has 0 aliphatic carbocycles. The van der Waals surface area contributed by atoms with Crippen LogP contribution in [0.1, 0.15) is 28.1 Å². The van der Waals surface area contributed by atoms with Gasteiger partial charge in [0.2, 0.25) is 0 Å². The summed E-state index contributed by atoms with van der Waals surface area (Å²) >= 11 is 14.3. The van der Waals surface area contributed by atoms with E-state index in [0.717, 1.165) is 18.5 Å². The van der Waals surface area contributed by atoms with E-state index in [1.165, 1.54) is 16.0 Å². The molecule has 0 aliphatic heterocycles. The summed E-state index contributed by atoms with van der Waals surface area (Å²) in [5.41, 5.74) is 5.35. The lowest BCUT2D eigenvalue weighted by Gasteiger charge is -2.30. The molecule has 1 nitrogen and oxygen atoms in total. The van der Waals surface area contributed by atoms with E-state index in [1.54, 1.807) is 11.3 Å².